The van der Waals surface area contributed by atoms with E-state index in [9.17, 15) is 9.59 Å². The van der Waals surface area contributed by atoms with Gasteiger partial charge in [0, 0.05) is 24.8 Å². The van der Waals surface area contributed by atoms with Crippen LogP contribution in [0.3, 0.4) is 0 Å². The van der Waals surface area contributed by atoms with E-state index in [-0.39, 0.29) is 17.5 Å². The maximum Gasteiger partial charge on any atom is 0.265 e. The average Bonchev–Trinajstić information content (AvgIpc) is 3.40. The molecule has 168 valence electrons. The molecule has 1 atom stereocenters. The molecule has 32 heavy (non-hydrogen) atoms. The van der Waals surface area contributed by atoms with Crippen molar-refractivity contribution in [3.63, 3.8) is 0 Å². The molecule has 7 nitrogen and oxygen atoms in total. The number of rotatable bonds is 5. The van der Waals surface area contributed by atoms with E-state index in [1.807, 2.05) is 36.1 Å². The monoisotopic (exact) mass is 451 g/mol. The smallest absolute Gasteiger partial charge is 0.265 e. The first-order valence-electron chi connectivity index (χ1n) is 11.6. The lowest BCUT2D eigenvalue weighted by Crippen LogP contribution is -2.42. The standard InChI is InChI=1S/C24H29N5O2S/c1-3-27(17-10-5-4-6-11-17)21(30)13-18-15-32-24-26-22-19(23(31)28(18)24)14-25-29(22)20-12-8-7-9-16(20)2/h7-9,12,14,17-18H,3-6,10-11,13,15H2,1-2H3. The molecule has 0 saturated heterocycles. The van der Waals surface area contributed by atoms with Gasteiger partial charge < -0.3 is 4.90 Å². The molecule has 1 amide bonds. The summed E-state index contributed by atoms with van der Waals surface area (Å²) in [5, 5.41) is 5.65. The predicted molar refractivity (Wildman–Crippen MR) is 127 cm³/mol. The number of amides is 1. The Kier molecular flexibility index (Phi) is 5.80. The highest BCUT2D eigenvalue weighted by Crippen LogP contribution is 2.34. The molecular weight excluding hydrogens is 422 g/mol. The van der Waals surface area contributed by atoms with Gasteiger partial charge in [-0.15, -0.1) is 0 Å². The van der Waals surface area contributed by atoms with Crippen LogP contribution in [-0.2, 0) is 4.79 Å². The van der Waals surface area contributed by atoms with Gasteiger partial charge in [-0.05, 0) is 38.3 Å². The van der Waals surface area contributed by atoms with E-state index in [1.165, 1.54) is 19.3 Å². The Bertz CT molecular complexity index is 1210. The van der Waals surface area contributed by atoms with Crippen molar-refractivity contribution in [3.05, 3.63) is 46.4 Å². The van der Waals surface area contributed by atoms with E-state index < -0.39 is 0 Å². The summed E-state index contributed by atoms with van der Waals surface area (Å²) in [6.45, 7) is 4.80. The highest BCUT2D eigenvalue weighted by atomic mass is 32.2. The molecule has 0 N–H and O–H groups in total. The molecule has 1 saturated carbocycles. The highest BCUT2D eigenvalue weighted by molar-refractivity contribution is 7.99. The summed E-state index contributed by atoms with van der Waals surface area (Å²) < 4.78 is 3.47. The van der Waals surface area contributed by atoms with Crippen LogP contribution in [0.15, 0.2) is 40.4 Å². The minimum atomic E-state index is -0.161. The van der Waals surface area contributed by atoms with Gasteiger partial charge in [0.25, 0.3) is 5.56 Å². The van der Waals surface area contributed by atoms with E-state index in [0.29, 0.717) is 34.4 Å². The zero-order chi connectivity index (χ0) is 22.2. The number of carbonyl (C=O) groups excluding carboxylic acids is 1. The van der Waals surface area contributed by atoms with Crippen LogP contribution in [-0.4, -0.2) is 48.5 Å². The van der Waals surface area contributed by atoms with Crippen LogP contribution in [0, 0.1) is 6.92 Å². The minimum absolute atomic E-state index is 0.103. The third-order valence-corrected chi connectivity index (χ3v) is 7.90. The zero-order valence-electron chi connectivity index (χ0n) is 18.7. The third kappa shape index (κ3) is 3.64. The molecule has 1 unspecified atom stereocenters. The summed E-state index contributed by atoms with van der Waals surface area (Å²) in [6, 6.07) is 8.12. The van der Waals surface area contributed by atoms with Crippen molar-refractivity contribution in [3.8, 4) is 5.69 Å². The van der Waals surface area contributed by atoms with Gasteiger partial charge in [0.1, 0.15) is 5.39 Å². The van der Waals surface area contributed by atoms with E-state index in [1.54, 1.807) is 27.2 Å². The van der Waals surface area contributed by atoms with E-state index >= 15 is 0 Å². The molecule has 1 aliphatic carbocycles. The average molecular weight is 452 g/mol. The molecule has 8 heteroatoms. The van der Waals surface area contributed by atoms with Gasteiger partial charge in [-0.25, -0.2) is 9.67 Å². The Balaban J connectivity index is 1.45. The molecule has 2 aromatic heterocycles. The van der Waals surface area contributed by atoms with Crippen molar-refractivity contribution in [2.75, 3.05) is 12.3 Å². The van der Waals surface area contributed by atoms with Crippen LogP contribution in [0.1, 0.15) is 57.1 Å². The van der Waals surface area contributed by atoms with Crippen molar-refractivity contribution < 1.29 is 4.79 Å². The number of hydrogen-bond acceptors (Lipinski definition) is 5. The number of hydrogen-bond donors (Lipinski definition) is 0. The Labute approximate surface area is 191 Å². The normalized spacial score (nSPS) is 18.8. The van der Waals surface area contributed by atoms with Crippen molar-refractivity contribution in [1.82, 2.24) is 24.2 Å². The molecule has 1 aromatic carbocycles. The summed E-state index contributed by atoms with van der Waals surface area (Å²) in [6.07, 6.45) is 7.80. The fourth-order valence-corrected chi connectivity index (χ4v) is 6.24. The van der Waals surface area contributed by atoms with Crippen LogP contribution in [0.5, 0.6) is 0 Å². The lowest BCUT2D eigenvalue weighted by Gasteiger charge is -2.34. The number of benzene rings is 1. The number of nitrogens with zero attached hydrogens (tertiary/aromatic N) is 5. The molecular formula is C24H29N5O2S. The van der Waals surface area contributed by atoms with Gasteiger partial charge in [-0.3, -0.25) is 14.2 Å². The Morgan fingerprint density at radius 3 is 2.75 bits per heavy atom. The van der Waals surface area contributed by atoms with Crippen molar-refractivity contribution in [2.24, 2.45) is 0 Å². The summed E-state index contributed by atoms with van der Waals surface area (Å²) in [5.74, 6) is 0.848. The maximum atomic E-state index is 13.4. The maximum absolute atomic E-state index is 13.4. The van der Waals surface area contributed by atoms with Crippen LogP contribution < -0.4 is 5.56 Å². The largest absolute Gasteiger partial charge is 0.340 e. The van der Waals surface area contributed by atoms with E-state index in [2.05, 4.69) is 12.0 Å². The first kappa shape index (κ1) is 21.2. The van der Waals surface area contributed by atoms with Gasteiger partial charge >= 0.3 is 0 Å². The Hall–Kier alpha value is -2.61. The quantitative estimate of drug-likeness (QED) is 0.546. The number of fused-ring (bicyclic) bond motifs is 2. The summed E-state index contributed by atoms with van der Waals surface area (Å²) in [7, 11) is 0. The predicted octanol–water partition coefficient (Wildman–Crippen LogP) is 4.11. The van der Waals surface area contributed by atoms with Gasteiger partial charge in [0.05, 0.1) is 17.9 Å². The van der Waals surface area contributed by atoms with Crippen LogP contribution in [0.25, 0.3) is 16.7 Å². The minimum Gasteiger partial charge on any atom is -0.340 e. The van der Waals surface area contributed by atoms with Crippen LogP contribution in [0.4, 0.5) is 0 Å². The molecule has 5 rings (SSSR count). The van der Waals surface area contributed by atoms with E-state index in [0.717, 1.165) is 30.6 Å². The second kappa shape index (κ2) is 8.73. The molecule has 0 radical (unpaired) electrons. The SMILES string of the molecule is CCN(C(=O)CC1CSc2nc3c(cnn3-c3ccccc3C)c(=O)n21)C1CCCCC1. The number of thioether (sulfide) groups is 1. The van der Waals surface area contributed by atoms with Gasteiger partial charge in [-0.1, -0.05) is 49.2 Å². The second-order valence-corrected chi connectivity index (χ2v) is 9.78. The second-order valence-electron chi connectivity index (χ2n) is 8.79. The van der Waals surface area contributed by atoms with E-state index in [4.69, 9.17) is 4.98 Å². The molecule has 2 aliphatic rings. The van der Waals surface area contributed by atoms with Crippen molar-refractivity contribution in [1.29, 1.82) is 0 Å². The van der Waals surface area contributed by atoms with Crippen LogP contribution >= 0.6 is 11.8 Å². The number of aryl methyl sites for hydroxylation is 1. The molecule has 3 aromatic rings. The summed E-state index contributed by atoms with van der Waals surface area (Å²) >= 11 is 1.55. The molecule has 0 bridgehead atoms. The number of carbonyl (C=O) groups is 1. The number of aromatic nitrogens is 4. The zero-order valence-corrected chi connectivity index (χ0v) is 19.5. The summed E-state index contributed by atoms with van der Waals surface area (Å²) in [5.41, 5.74) is 2.46. The van der Waals surface area contributed by atoms with Crippen LogP contribution in [0.2, 0.25) is 0 Å². The number of para-hydroxylation sites is 1. The van der Waals surface area contributed by atoms with Gasteiger partial charge in [0.15, 0.2) is 10.8 Å². The van der Waals surface area contributed by atoms with Crippen molar-refractivity contribution >= 4 is 28.7 Å². The first-order valence-corrected chi connectivity index (χ1v) is 12.6. The van der Waals surface area contributed by atoms with Crippen molar-refractivity contribution in [2.45, 2.75) is 69.6 Å². The fraction of sp³-hybridized carbons (Fsp3) is 0.500. The molecule has 3 heterocycles. The van der Waals surface area contributed by atoms with Gasteiger partial charge in [-0.2, -0.15) is 5.10 Å². The first-order chi connectivity index (χ1) is 15.6. The third-order valence-electron chi connectivity index (χ3n) is 6.80. The van der Waals surface area contributed by atoms with Gasteiger partial charge in [0.2, 0.25) is 5.91 Å². The highest BCUT2D eigenvalue weighted by Gasteiger charge is 2.32. The fourth-order valence-electron chi connectivity index (χ4n) is 5.11. The lowest BCUT2D eigenvalue weighted by molar-refractivity contribution is -0.134. The molecule has 1 aliphatic heterocycles. The Morgan fingerprint density at radius 2 is 2.00 bits per heavy atom. The lowest BCUT2D eigenvalue weighted by atomic mass is 9.94. The summed E-state index contributed by atoms with van der Waals surface area (Å²) in [4.78, 5) is 33.5. The topological polar surface area (TPSA) is 73.0 Å². The molecule has 1 fully saturated rings. The molecule has 0 spiro atoms. The Morgan fingerprint density at radius 1 is 1.22 bits per heavy atom.